The van der Waals surface area contributed by atoms with E-state index in [-0.39, 0.29) is 26.4 Å². The fraction of sp³-hybridized carbons (Fsp3) is 1.00. The fourth-order valence-corrected chi connectivity index (χ4v) is 6.26. The van der Waals surface area contributed by atoms with Gasteiger partial charge in [0.1, 0.15) is 0 Å². The highest BCUT2D eigenvalue weighted by Crippen LogP contribution is 2.17. The van der Waals surface area contributed by atoms with E-state index in [1.807, 2.05) is 0 Å². The van der Waals surface area contributed by atoms with Crippen LogP contribution in [0.2, 0.25) is 12.6 Å². The number of nitrogens with zero attached hydrogens (tertiary/aromatic N) is 1. The third kappa shape index (κ3) is 20.7. The molecular weight excluding hydrogens is 454 g/mol. The first-order chi connectivity index (χ1) is 16.8. The Kier molecular flexibility index (Phi) is 23.2. The third-order valence-corrected chi connectivity index (χ3v) is 9.63. The van der Waals surface area contributed by atoms with Crippen LogP contribution >= 0.6 is 0 Å². The van der Waals surface area contributed by atoms with Crippen LogP contribution in [0, 0.1) is 5.41 Å². The van der Waals surface area contributed by atoms with Crippen LogP contribution in [0.15, 0.2) is 0 Å². The average molecular weight is 519 g/mol. The van der Waals surface area contributed by atoms with E-state index in [2.05, 4.69) is 27.6 Å². The molecule has 0 spiro atoms. The van der Waals surface area contributed by atoms with Crippen molar-refractivity contribution in [2.24, 2.45) is 5.41 Å². The first-order valence-electron chi connectivity index (χ1n) is 15.1. The molecule has 0 saturated carbocycles. The molecular formula is C29H64NO4Si+. The highest BCUT2D eigenvalue weighted by atomic mass is 28.3. The topological polar surface area (TPSA) is 69.9 Å². The summed E-state index contributed by atoms with van der Waals surface area (Å²) in [6.45, 7) is 6.40. The quantitative estimate of drug-likeness (QED) is 0.0703. The van der Waals surface area contributed by atoms with Crippen molar-refractivity contribution in [2.75, 3.05) is 53.6 Å². The molecule has 212 valence electrons. The van der Waals surface area contributed by atoms with Crippen molar-refractivity contribution in [3.05, 3.63) is 0 Å². The summed E-state index contributed by atoms with van der Waals surface area (Å²) in [5.74, 6) is 0. The Hall–Kier alpha value is 0.0169. The SMILES string of the molecule is CCCCCCCCCCCCCCCCCC[N+](C)(C)CCC[SiH](C)OCC(CO)(CO)CO. The number of quaternary nitrogens is 1. The maximum atomic E-state index is 9.42. The lowest BCUT2D eigenvalue weighted by Gasteiger charge is -2.31. The second-order valence-corrected chi connectivity index (χ2v) is 14.5. The summed E-state index contributed by atoms with van der Waals surface area (Å²) in [4.78, 5) is 0. The predicted octanol–water partition coefficient (Wildman–Crippen LogP) is 6.05. The smallest absolute Gasteiger partial charge is 0.174 e. The van der Waals surface area contributed by atoms with Crippen molar-refractivity contribution in [1.82, 2.24) is 0 Å². The Labute approximate surface area is 221 Å². The molecule has 0 aromatic rings. The molecule has 0 aromatic heterocycles. The first kappa shape index (κ1) is 35.0. The zero-order valence-corrected chi connectivity index (χ0v) is 25.4. The molecule has 3 N–H and O–H groups in total. The molecule has 35 heavy (non-hydrogen) atoms. The summed E-state index contributed by atoms with van der Waals surface area (Å²) in [5.41, 5.74) is -0.899. The van der Waals surface area contributed by atoms with Crippen molar-refractivity contribution < 1.29 is 24.2 Å². The first-order valence-corrected chi connectivity index (χ1v) is 17.5. The van der Waals surface area contributed by atoms with Gasteiger partial charge in [0, 0.05) is 6.61 Å². The normalized spacial score (nSPS) is 13.5. The summed E-state index contributed by atoms with van der Waals surface area (Å²) < 4.78 is 7.02. The molecule has 0 radical (unpaired) electrons. The highest BCUT2D eigenvalue weighted by molar-refractivity contribution is 6.50. The second kappa shape index (κ2) is 23.2. The summed E-state index contributed by atoms with van der Waals surface area (Å²) in [6.07, 6.45) is 23.8. The van der Waals surface area contributed by atoms with Gasteiger partial charge in [-0.2, -0.15) is 0 Å². The monoisotopic (exact) mass is 518 g/mol. The van der Waals surface area contributed by atoms with E-state index in [1.165, 1.54) is 116 Å². The number of rotatable bonds is 27. The van der Waals surface area contributed by atoms with Crippen LogP contribution in [0.1, 0.15) is 116 Å². The van der Waals surface area contributed by atoms with Crippen LogP contribution in [-0.2, 0) is 4.43 Å². The van der Waals surface area contributed by atoms with E-state index < -0.39 is 14.5 Å². The number of aliphatic hydroxyl groups excluding tert-OH is 3. The Morgan fingerprint density at radius 3 is 1.37 bits per heavy atom. The van der Waals surface area contributed by atoms with E-state index in [1.54, 1.807) is 0 Å². The van der Waals surface area contributed by atoms with E-state index in [4.69, 9.17) is 4.43 Å². The number of unbranched alkanes of at least 4 members (excludes halogenated alkanes) is 15. The minimum absolute atomic E-state index is 0.246. The second-order valence-electron chi connectivity index (χ2n) is 11.9. The third-order valence-electron chi connectivity index (χ3n) is 7.67. The molecule has 0 saturated heterocycles. The molecule has 0 bridgehead atoms. The minimum atomic E-state index is -1.34. The minimum Gasteiger partial charge on any atom is -0.419 e. The molecule has 0 aliphatic rings. The molecule has 0 heterocycles. The average Bonchev–Trinajstić information content (AvgIpc) is 2.85. The van der Waals surface area contributed by atoms with E-state index >= 15 is 0 Å². The largest absolute Gasteiger partial charge is 0.419 e. The van der Waals surface area contributed by atoms with E-state index in [0.717, 1.165) is 16.9 Å². The zero-order valence-electron chi connectivity index (χ0n) is 24.2. The van der Waals surface area contributed by atoms with Crippen molar-refractivity contribution in [1.29, 1.82) is 0 Å². The van der Waals surface area contributed by atoms with Crippen molar-refractivity contribution in [3.63, 3.8) is 0 Å². The Morgan fingerprint density at radius 1 is 0.600 bits per heavy atom. The highest BCUT2D eigenvalue weighted by Gasteiger charge is 2.29. The van der Waals surface area contributed by atoms with Gasteiger partial charge in [0.25, 0.3) is 0 Å². The van der Waals surface area contributed by atoms with Crippen molar-refractivity contribution in [3.8, 4) is 0 Å². The van der Waals surface area contributed by atoms with Crippen LogP contribution in [0.5, 0.6) is 0 Å². The summed E-state index contributed by atoms with van der Waals surface area (Å²) in [5, 5.41) is 28.3. The summed E-state index contributed by atoms with van der Waals surface area (Å²) in [7, 11) is 3.34. The van der Waals surface area contributed by atoms with Gasteiger partial charge in [-0.25, -0.2) is 0 Å². The lowest BCUT2D eigenvalue weighted by molar-refractivity contribution is -0.890. The lowest BCUT2D eigenvalue weighted by Crippen LogP contribution is -2.42. The van der Waals surface area contributed by atoms with Crippen molar-refractivity contribution >= 4 is 9.04 Å². The Balaban J connectivity index is 3.57. The van der Waals surface area contributed by atoms with Crippen LogP contribution in [-0.4, -0.2) is 82.5 Å². The van der Waals surface area contributed by atoms with Crippen molar-refractivity contribution in [2.45, 2.75) is 129 Å². The Morgan fingerprint density at radius 2 is 0.971 bits per heavy atom. The summed E-state index contributed by atoms with van der Waals surface area (Å²) >= 11 is 0. The van der Waals surface area contributed by atoms with Crippen LogP contribution < -0.4 is 0 Å². The van der Waals surface area contributed by atoms with Gasteiger partial charge in [-0.15, -0.1) is 0 Å². The molecule has 5 nitrogen and oxygen atoms in total. The predicted molar refractivity (Wildman–Crippen MR) is 153 cm³/mol. The standard InChI is InChI=1S/C29H64NO4Si/c1-5-6-7-8-9-10-11-12-13-14-15-16-17-18-19-20-22-30(2,3)23-21-24-35(4)34-28-29(25-31,26-32)27-33/h31-33,35H,5-28H2,1-4H3/q+1. The zero-order chi connectivity index (χ0) is 26.3. The van der Waals surface area contributed by atoms with Gasteiger partial charge in [0.05, 0.1) is 52.4 Å². The van der Waals surface area contributed by atoms with Crippen LogP contribution in [0.25, 0.3) is 0 Å². The lowest BCUT2D eigenvalue weighted by atomic mass is 9.93. The molecule has 0 aromatic carbocycles. The van der Waals surface area contributed by atoms with E-state index in [0.29, 0.717) is 0 Å². The van der Waals surface area contributed by atoms with Crippen LogP contribution in [0.4, 0.5) is 0 Å². The van der Waals surface area contributed by atoms with E-state index in [9.17, 15) is 15.3 Å². The maximum absolute atomic E-state index is 9.42. The van der Waals surface area contributed by atoms with Gasteiger partial charge < -0.3 is 24.2 Å². The molecule has 0 aliphatic carbocycles. The summed E-state index contributed by atoms with van der Waals surface area (Å²) in [6, 6.07) is 1.10. The van der Waals surface area contributed by atoms with Gasteiger partial charge in [0.2, 0.25) is 0 Å². The van der Waals surface area contributed by atoms with Gasteiger partial charge in [-0.1, -0.05) is 96.8 Å². The fourth-order valence-electron chi connectivity index (χ4n) is 4.70. The molecule has 0 amide bonds. The number of hydrogen-bond acceptors (Lipinski definition) is 4. The Bertz CT molecular complexity index is 438. The maximum Gasteiger partial charge on any atom is 0.174 e. The number of hydrogen-bond donors (Lipinski definition) is 3. The molecule has 0 fully saturated rings. The van der Waals surface area contributed by atoms with Gasteiger partial charge in [-0.05, 0) is 31.9 Å². The molecule has 1 atom stereocenters. The van der Waals surface area contributed by atoms with Gasteiger partial charge >= 0.3 is 0 Å². The molecule has 1 unspecified atom stereocenters. The van der Waals surface area contributed by atoms with Gasteiger partial charge in [0.15, 0.2) is 9.04 Å². The molecule has 6 heteroatoms. The molecule has 0 rings (SSSR count). The molecule has 0 aliphatic heterocycles. The van der Waals surface area contributed by atoms with Crippen LogP contribution in [0.3, 0.4) is 0 Å². The van der Waals surface area contributed by atoms with Gasteiger partial charge in [-0.3, -0.25) is 0 Å². The number of aliphatic hydroxyl groups is 3.